The highest BCUT2D eigenvalue weighted by atomic mass is 15.0. The standard InChI is InChI=1S/C42H28N2/c1-2-13-29(14-3-1)30-25-26-42-37(28-30)36-20-7-11-24-41(36)44(42)38-21-8-4-17-33(38)31-15-12-16-32(27-31)43-39-22-9-5-18-34(39)35-19-6-10-23-40(35)43/h1-28H. The molecule has 2 heterocycles. The van der Waals surface area contributed by atoms with Crippen molar-refractivity contribution in [1.82, 2.24) is 9.13 Å². The molecule has 0 spiro atoms. The maximum atomic E-state index is 2.43. The van der Waals surface area contributed by atoms with E-state index in [-0.39, 0.29) is 0 Å². The highest BCUT2D eigenvalue weighted by molar-refractivity contribution is 6.11. The van der Waals surface area contributed by atoms with Crippen molar-refractivity contribution in [2.45, 2.75) is 0 Å². The van der Waals surface area contributed by atoms with Gasteiger partial charge in [-0.15, -0.1) is 0 Å². The van der Waals surface area contributed by atoms with Gasteiger partial charge in [-0.2, -0.15) is 0 Å². The van der Waals surface area contributed by atoms with Gasteiger partial charge in [-0.3, -0.25) is 0 Å². The maximum Gasteiger partial charge on any atom is 0.0541 e. The van der Waals surface area contributed by atoms with Gasteiger partial charge in [0.15, 0.2) is 0 Å². The average Bonchev–Trinajstić information content (AvgIpc) is 3.61. The summed E-state index contributed by atoms with van der Waals surface area (Å²) in [5.74, 6) is 0. The summed E-state index contributed by atoms with van der Waals surface area (Å²) in [5, 5.41) is 5.06. The van der Waals surface area contributed by atoms with Gasteiger partial charge in [0, 0.05) is 32.8 Å². The number of nitrogens with zero attached hydrogens (tertiary/aromatic N) is 2. The minimum absolute atomic E-state index is 1.16. The first-order valence-corrected chi connectivity index (χ1v) is 15.1. The number of rotatable bonds is 4. The predicted molar refractivity (Wildman–Crippen MR) is 186 cm³/mol. The highest BCUT2D eigenvalue weighted by Gasteiger charge is 2.17. The zero-order valence-electron chi connectivity index (χ0n) is 24.1. The third kappa shape index (κ3) is 3.75. The van der Waals surface area contributed by atoms with Crippen LogP contribution in [0.3, 0.4) is 0 Å². The van der Waals surface area contributed by atoms with Crippen LogP contribution in [0.25, 0.3) is 77.2 Å². The van der Waals surface area contributed by atoms with E-state index >= 15 is 0 Å². The van der Waals surface area contributed by atoms with Crippen LogP contribution in [-0.4, -0.2) is 9.13 Å². The van der Waals surface area contributed by atoms with Gasteiger partial charge < -0.3 is 9.13 Å². The van der Waals surface area contributed by atoms with Crippen molar-refractivity contribution >= 4 is 43.6 Å². The lowest BCUT2D eigenvalue weighted by Gasteiger charge is -2.16. The first-order valence-electron chi connectivity index (χ1n) is 15.1. The Morgan fingerprint density at radius 2 is 0.841 bits per heavy atom. The Balaban J connectivity index is 1.26. The Kier molecular flexibility index (Phi) is 5.54. The van der Waals surface area contributed by atoms with Crippen molar-refractivity contribution in [2.75, 3.05) is 0 Å². The second-order valence-corrected chi connectivity index (χ2v) is 11.4. The predicted octanol–water partition coefficient (Wildman–Crippen LogP) is 11.2. The monoisotopic (exact) mass is 560 g/mol. The van der Waals surface area contributed by atoms with E-state index in [1.54, 1.807) is 0 Å². The Bertz CT molecular complexity index is 2440. The van der Waals surface area contributed by atoms with Gasteiger partial charge in [-0.25, -0.2) is 0 Å². The number of para-hydroxylation sites is 4. The largest absolute Gasteiger partial charge is 0.309 e. The van der Waals surface area contributed by atoms with Crippen molar-refractivity contribution in [3.05, 3.63) is 170 Å². The lowest BCUT2D eigenvalue weighted by atomic mass is 10.0. The Morgan fingerprint density at radius 1 is 0.295 bits per heavy atom. The van der Waals surface area contributed by atoms with E-state index in [4.69, 9.17) is 0 Å². The summed E-state index contributed by atoms with van der Waals surface area (Å²) in [6.45, 7) is 0. The first-order chi connectivity index (χ1) is 21.8. The maximum absolute atomic E-state index is 2.43. The Hall–Kier alpha value is -5.86. The molecule has 0 saturated heterocycles. The van der Waals surface area contributed by atoms with Crippen molar-refractivity contribution in [3.63, 3.8) is 0 Å². The van der Waals surface area contributed by atoms with Crippen LogP contribution in [0.2, 0.25) is 0 Å². The zero-order chi connectivity index (χ0) is 29.0. The summed E-state index contributed by atoms with van der Waals surface area (Å²) in [5.41, 5.74) is 12.0. The summed E-state index contributed by atoms with van der Waals surface area (Å²) in [6, 6.07) is 61.4. The SMILES string of the molecule is c1ccc(-c2ccc3c(c2)c2ccccc2n3-c2ccccc2-c2cccc(-n3c4ccccc4c4ccccc43)c2)cc1. The number of fused-ring (bicyclic) bond motifs is 6. The molecule has 9 rings (SSSR count). The summed E-state index contributed by atoms with van der Waals surface area (Å²) in [4.78, 5) is 0. The number of hydrogen-bond acceptors (Lipinski definition) is 0. The molecule has 2 aromatic heterocycles. The number of aromatic nitrogens is 2. The normalized spacial score (nSPS) is 11.6. The third-order valence-corrected chi connectivity index (χ3v) is 8.92. The second-order valence-electron chi connectivity index (χ2n) is 11.4. The van der Waals surface area contributed by atoms with Gasteiger partial charge in [0.2, 0.25) is 0 Å². The van der Waals surface area contributed by atoms with Crippen LogP contribution in [0, 0.1) is 0 Å². The van der Waals surface area contributed by atoms with E-state index in [1.165, 1.54) is 71.6 Å². The molecule has 0 fully saturated rings. The van der Waals surface area contributed by atoms with Crippen LogP contribution >= 0.6 is 0 Å². The van der Waals surface area contributed by atoms with Crippen molar-refractivity contribution in [3.8, 4) is 33.6 Å². The van der Waals surface area contributed by atoms with Gasteiger partial charge in [0.05, 0.1) is 27.8 Å². The summed E-state index contributed by atoms with van der Waals surface area (Å²) >= 11 is 0. The molecule has 0 N–H and O–H groups in total. The third-order valence-electron chi connectivity index (χ3n) is 8.92. The molecule has 0 aliphatic heterocycles. The second kappa shape index (κ2) is 9.86. The molecule has 2 nitrogen and oxygen atoms in total. The van der Waals surface area contributed by atoms with E-state index in [2.05, 4.69) is 179 Å². The molecule has 0 radical (unpaired) electrons. The minimum atomic E-state index is 1.16. The summed E-state index contributed by atoms with van der Waals surface area (Å²) in [6.07, 6.45) is 0. The van der Waals surface area contributed by atoms with Crippen molar-refractivity contribution < 1.29 is 0 Å². The molecule has 7 aromatic carbocycles. The van der Waals surface area contributed by atoms with Crippen LogP contribution in [-0.2, 0) is 0 Å². The smallest absolute Gasteiger partial charge is 0.0541 e. The lowest BCUT2D eigenvalue weighted by molar-refractivity contribution is 1.17. The molecule has 0 aliphatic carbocycles. The van der Waals surface area contributed by atoms with E-state index in [9.17, 15) is 0 Å². The molecule has 2 heteroatoms. The molecule has 0 bridgehead atoms. The fraction of sp³-hybridized carbons (Fsp3) is 0. The van der Waals surface area contributed by atoms with Gasteiger partial charge in [-0.05, 0) is 65.2 Å². The van der Waals surface area contributed by atoms with Crippen LogP contribution in [0.15, 0.2) is 170 Å². The van der Waals surface area contributed by atoms with E-state index in [0.29, 0.717) is 0 Å². The van der Waals surface area contributed by atoms with Crippen LogP contribution in [0.4, 0.5) is 0 Å². The van der Waals surface area contributed by atoms with Crippen LogP contribution in [0.1, 0.15) is 0 Å². The summed E-state index contributed by atoms with van der Waals surface area (Å²) in [7, 11) is 0. The molecule has 0 amide bonds. The van der Waals surface area contributed by atoms with E-state index in [1.807, 2.05) is 0 Å². The molecule has 44 heavy (non-hydrogen) atoms. The summed E-state index contributed by atoms with van der Waals surface area (Å²) < 4.78 is 4.82. The molecule has 0 unspecified atom stereocenters. The topological polar surface area (TPSA) is 9.86 Å². The molecule has 206 valence electrons. The fourth-order valence-electron chi connectivity index (χ4n) is 6.97. The zero-order valence-corrected chi connectivity index (χ0v) is 24.1. The Labute approximate surface area is 255 Å². The van der Waals surface area contributed by atoms with Gasteiger partial charge >= 0.3 is 0 Å². The van der Waals surface area contributed by atoms with Crippen LogP contribution in [0.5, 0.6) is 0 Å². The number of benzene rings is 7. The highest BCUT2D eigenvalue weighted by Crippen LogP contribution is 2.39. The van der Waals surface area contributed by atoms with Gasteiger partial charge in [0.25, 0.3) is 0 Å². The minimum Gasteiger partial charge on any atom is -0.309 e. The molecular weight excluding hydrogens is 532 g/mol. The quantitative estimate of drug-likeness (QED) is 0.203. The molecule has 0 saturated carbocycles. The van der Waals surface area contributed by atoms with Crippen molar-refractivity contribution in [2.24, 2.45) is 0 Å². The first kappa shape index (κ1) is 24.7. The number of hydrogen-bond donors (Lipinski definition) is 0. The molecule has 9 aromatic rings. The molecular formula is C42H28N2. The van der Waals surface area contributed by atoms with E-state index < -0.39 is 0 Å². The van der Waals surface area contributed by atoms with Crippen LogP contribution < -0.4 is 0 Å². The van der Waals surface area contributed by atoms with Crippen molar-refractivity contribution in [1.29, 1.82) is 0 Å². The van der Waals surface area contributed by atoms with E-state index in [0.717, 1.165) is 5.69 Å². The lowest BCUT2D eigenvalue weighted by Crippen LogP contribution is -1.98. The fourth-order valence-corrected chi connectivity index (χ4v) is 6.97. The molecule has 0 atom stereocenters. The average molecular weight is 561 g/mol. The van der Waals surface area contributed by atoms with Gasteiger partial charge in [-0.1, -0.05) is 121 Å². The molecule has 0 aliphatic rings. The van der Waals surface area contributed by atoms with Gasteiger partial charge in [0.1, 0.15) is 0 Å². The Morgan fingerprint density at radius 3 is 1.57 bits per heavy atom.